The van der Waals surface area contributed by atoms with Crippen molar-refractivity contribution in [2.24, 2.45) is 0 Å². The van der Waals surface area contributed by atoms with Crippen molar-refractivity contribution in [2.75, 3.05) is 0 Å². The summed E-state index contributed by atoms with van der Waals surface area (Å²) >= 11 is 0. The Bertz CT molecular complexity index is 711. The molecule has 0 N–H and O–H groups in total. The van der Waals surface area contributed by atoms with Crippen molar-refractivity contribution >= 4 is 11.1 Å². The molecule has 1 aromatic carbocycles. The lowest BCUT2D eigenvalue weighted by Gasteiger charge is -2.03. The first kappa shape index (κ1) is 10.9. The van der Waals surface area contributed by atoms with Crippen LogP contribution in [0.4, 0.5) is 0 Å². The van der Waals surface area contributed by atoms with E-state index in [1.807, 2.05) is 45.0 Å². The molecular weight excluding hydrogens is 226 g/mol. The van der Waals surface area contributed by atoms with Crippen molar-refractivity contribution in [2.45, 2.75) is 20.8 Å². The molecule has 0 atom stereocenters. The molecule has 0 bridgehead atoms. The summed E-state index contributed by atoms with van der Waals surface area (Å²) < 4.78 is 5.54. The normalized spacial score (nSPS) is 11.1. The van der Waals surface area contributed by atoms with Crippen LogP contribution in [0.3, 0.4) is 0 Å². The van der Waals surface area contributed by atoms with E-state index in [0.717, 1.165) is 33.9 Å². The topological polar surface area (TPSA) is 51.8 Å². The summed E-state index contributed by atoms with van der Waals surface area (Å²) in [7, 11) is 0. The molecule has 0 aliphatic carbocycles. The molecule has 4 nitrogen and oxygen atoms in total. The second-order valence-corrected chi connectivity index (χ2v) is 4.36. The maximum atomic E-state index is 5.54. The minimum atomic E-state index is 0.678. The molecule has 2 aromatic heterocycles. The van der Waals surface area contributed by atoms with Crippen molar-refractivity contribution in [1.82, 2.24) is 15.0 Å². The van der Waals surface area contributed by atoms with Crippen LogP contribution in [-0.4, -0.2) is 15.0 Å². The molecule has 0 spiro atoms. The first-order chi connectivity index (χ1) is 8.61. The Morgan fingerprint density at radius 2 is 1.78 bits per heavy atom. The highest BCUT2D eigenvalue weighted by Gasteiger charge is 2.07. The molecule has 0 amide bonds. The Morgan fingerprint density at radius 3 is 2.56 bits per heavy atom. The molecule has 3 rings (SSSR count). The van der Waals surface area contributed by atoms with Crippen molar-refractivity contribution in [3.8, 4) is 11.3 Å². The molecule has 90 valence electrons. The van der Waals surface area contributed by atoms with Crippen LogP contribution in [0.2, 0.25) is 0 Å². The summed E-state index contributed by atoms with van der Waals surface area (Å²) in [6.45, 7) is 5.71. The highest BCUT2D eigenvalue weighted by atomic mass is 16.3. The van der Waals surface area contributed by atoms with Crippen molar-refractivity contribution in [1.29, 1.82) is 0 Å². The fourth-order valence-electron chi connectivity index (χ4n) is 2.06. The largest absolute Gasteiger partial charge is 0.441 e. The van der Waals surface area contributed by atoms with E-state index in [-0.39, 0.29) is 0 Å². The molecule has 0 saturated heterocycles. The van der Waals surface area contributed by atoms with Gasteiger partial charge in [-0.15, -0.1) is 0 Å². The van der Waals surface area contributed by atoms with Crippen molar-refractivity contribution in [3.05, 3.63) is 41.7 Å². The van der Waals surface area contributed by atoms with E-state index in [9.17, 15) is 0 Å². The zero-order valence-electron chi connectivity index (χ0n) is 10.6. The third-order valence-corrected chi connectivity index (χ3v) is 2.76. The van der Waals surface area contributed by atoms with Crippen LogP contribution in [0, 0.1) is 20.8 Å². The highest BCUT2D eigenvalue weighted by molar-refractivity contribution is 5.79. The van der Waals surface area contributed by atoms with Gasteiger partial charge in [0, 0.05) is 18.2 Å². The van der Waals surface area contributed by atoms with E-state index in [2.05, 4.69) is 15.0 Å². The summed E-state index contributed by atoms with van der Waals surface area (Å²) in [6, 6.07) is 7.90. The predicted octanol–water partition coefficient (Wildman–Crippen LogP) is 3.21. The molecule has 0 radical (unpaired) electrons. The van der Waals surface area contributed by atoms with Gasteiger partial charge in [-0.25, -0.2) is 15.0 Å². The summed E-state index contributed by atoms with van der Waals surface area (Å²) in [5, 5.41) is 0. The van der Waals surface area contributed by atoms with Gasteiger partial charge in [0.05, 0.1) is 5.69 Å². The number of hydrogen-bond acceptors (Lipinski definition) is 4. The minimum Gasteiger partial charge on any atom is -0.441 e. The Balaban J connectivity index is 2.18. The maximum absolute atomic E-state index is 5.54. The van der Waals surface area contributed by atoms with Gasteiger partial charge >= 0.3 is 0 Å². The summed E-state index contributed by atoms with van der Waals surface area (Å²) in [5.41, 5.74) is 4.56. The first-order valence-electron chi connectivity index (χ1n) is 5.82. The van der Waals surface area contributed by atoms with Crippen LogP contribution in [0.1, 0.15) is 17.4 Å². The maximum Gasteiger partial charge on any atom is 0.192 e. The predicted molar refractivity (Wildman–Crippen MR) is 69.2 cm³/mol. The van der Waals surface area contributed by atoms with Gasteiger partial charge < -0.3 is 4.42 Å². The number of aromatic nitrogens is 3. The van der Waals surface area contributed by atoms with Crippen LogP contribution in [0.25, 0.3) is 22.4 Å². The smallest absolute Gasteiger partial charge is 0.192 e. The third kappa shape index (κ3) is 1.86. The van der Waals surface area contributed by atoms with E-state index >= 15 is 0 Å². The fraction of sp³-hybridized carbons (Fsp3) is 0.214. The van der Waals surface area contributed by atoms with E-state index in [1.54, 1.807) is 0 Å². The van der Waals surface area contributed by atoms with Gasteiger partial charge in [-0.3, -0.25) is 0 Å². The number of nitrogens with zero attached hydrogens (tertiary/aromatic N) is 3. The quantitative estimate of drug-likeness (QED) is 0.654. The number of rotatable bonds is 1. The Hall–Kier alpha value is -2.23. The van der Waals surface area contributed by atoms with Gasteiger partial charge in [-0.1, -0.05) is 6.07 Å². The zero-order valence-corrected chi connectivity index (χ0v) is 10.6. The number of benzene rings is 1. The van der Waals surface area contributed by atoms with Crippen LogP contribution in [0.15, 0.2) is 28.7 Å². The second kappa shape index (κ2) is 3.91. The van der Waals surface area contributed by atoms with E-state index in [1.165, 1.54) is 0 Å². The highest BCUT2D eigenvalue weighted by Crippen LogP contribution is 2.23. The standard InChI is InChI=1S/C14H13N3O/c1-8-6-13(16-9(2)15-8)11-4-5-12-14(7-11)18-10(3)17-12/h4-7H,1-3H3. The number of oxazole rings is 1. The van der Waals surface area contributed by atoms with Gasteiger partial charge in [0.25, 0.3) is 0 Å². The SMILES string of the molecule is Cc1cc(-c2ccc3nc(C)oc3c2)nc(C)n1. The van der Waals surface area contributed by atoms with Crippen LogP contribution < -0.4 is 0 Å². The molecule has 0 unspecified atom stereocenters. The lowest BCUT2D eigenvalue weighted by atomic mass is 10.1. The monoisotopic (exact) mass is 239 g/mol. The summed E-state index contributed by atoms with van der Waals surface area (Å²) in [4.78, 5) is 13.0. The second-order valence-electron chi connectivity index (χ2n) is 4.36. The Labute approximate surface area is 105 Å². The number of fused-ring (bicyclic) bond motifs is 1. The molecule has 18 heavy (non-hydrogen) atoms. The molecule has 0 saturated carbocycles. The van der Waals surface area contributed by atoms with Crippen molar-refractivity contribution < 1.29 is 4.42 Å². The van der Waals surface area contributed by atoms with Crippen LogP contribution in [-0.2, 0) is 0 Å². The van der Waals surface area contributed by atoms with Gasteiger partial charge in [0.2, 0.25) is 0 Å². The lowest BCUT2D eigenvalue weighted by molar-refractivity contribution is 0.561. The number of hydrogen-bond donors (Lipinski definition) is 0. The first-order valence-corrected chi connectivity index (χ1v) is 5.82. The summed E-state index contributed by atoms with van der Waals surface area (Å²) in [6.07, 6.45) is 0. The van der Waals surface area contributed by atoms with Gasteiger partial charge in [-0.05, 0) is 32.0 Å². The molecule has 2 heterocycles. The molecular formula is C14H13N3O. The van der Waals surface area contributed by atoms with Gasteiger partial charge in [0.1, 0.15) is 11.3 Å². The van der Waals surface area contributed by atoms with E-state index in [4.69, 9.17) is 4.42 Å². The summed E-state index contributed by atoms with van der Waals surface area (Å²) in [5.74, 6) is 1.45. The molecule has 0 aliphatic heterocycles. The van der Waals surface area contributed by atoms with Crippen LogP contribution >= 0.6 is 0 Å². The lowest BCUT2D eigenvalue weighted by Crippen LogP contribution is -1.93. The molecule has 0 fully saturated rings. The average Bonchev–Trinajstić information content (AvgIpc) is 2.66. The Kier molecular flexibility index (Phi) is 2.37. The van der Waals surface area contributed by atoms with E-state index < -0.39 is 0 Å². The zero-order chi connectivity index (χ0) is 12.7. The fourth-order valence-corrected chi connectivity index (χ4v) is 2.06. The molecule has 4 heteroatoms. The Morgan fingerprint density at radius 1 is 0.944 bits per heavy atom. The number of aryl methyl sites for hydroxylation is 3. The van der Waals surface area contributed by atoms with E-state index in [0.29, 0.717) is 5.89 Å². The third-order valence-electron chi connectivity index (χ3n) is 2.76. The minimum absolute atomic E-state index is 0.678. The molecule has 3 aromatic rings. The van der Waals surface area contributed by atoms with Gasteiger partial charge in [0.15, 0.2) is 11.5 Å². The molecule has 0 aliphatic rings. The van der Waals surface area contributed by atoms with Gasteiger partial charge in [-0.2, -0.15) is 0 Å². The average molecular weight is 239 g/mol. The van der Waals surface area contributed by atoms with Crippen LogP contribution in [0.5, 0.6) is 0 Å². The van der Waals surface area contributed by atoms with Crippen molar-refractivity contribution in [3.63, 3.8) is 0 Å².